The maximum absolute atomic E-state index is 12.0. The molecule has 0 aliphatic rings. The molecular weight excluding hydrogens is 324 g/mol. The number of carbonyl (C=O) groups excluding carboxylic acids is 1. The second-order valence-corrected chi connectivity index (χ2v) is 7.61. The molecule has 0 spiro atoms. The summed E-state index contributed by atoms with van der Waals surface area (Å²) in [6.45, 7) is 0.374. The molecule has 1 rings (SSSR count). The zero-order valence-electron chi connectivity index (χ0n) is 10.9. The summed E-state index contributed by atoms with van der Waals surface area (Å²) in [6.07, 6.45) is 0.679. The summed E-state index contributed by atoms with van der Waals surface area (Å²) in [5, 5.41) is 8.61. The van der Waals surface area contributed by atoms with Crippen LogP contribution in [-0.4, -0.2) is 56.2 Å². The van der Waals surface area contributed by atoms with Gasteiger partial charge in [0.1, 0.15) is 0 Å². The van der Waals surface area contributed by atoms with Gasteiger partial charge in [0.25, 0.3) is 10.0 Å². The molecule has 7 nitrogen and oxygen atoms in total. The van der Waals surface area contributed by atoms with Crippen molar-refractivity contribution in [1.29, 1.82) is 0 Å². The molecule has 0 bridgehead atoms. The minimum Gasteiger partial charge on any atom is -0.464 e. The Hall–Kier alpha value is -0.680. The van der Waals surface area contributed by atoms with Crippen molar-refractivity contribution in [3.8, 4) is 0 Å². The topological polar surface area (TPSA) is 106 Å². The lowest BCUT2D eigenvalue weighted by molar-refractivity contribution is 0.0590. The van der Waals surface area contributed by atoms with Crippen LogP contribution in [0.5, 0.6) is 0 Å². The van der Waals surface area contributed by atoms with Gasteiger partial charge in [-0.2, -0.15) is 11.8 Å². The molecule has 0 aliphatic carbocycles. The van der Waals surface area contributed by atoms with E-state index in [4.69, 9.17) is 5.11 Å². The molecule has 0 amide bonds. The number of methoxy groups -OCH3 is 1. The largest absolute Gasteiger partial charge is 0.464 e. The lowest BCUT2D eigenvalue weighted by Crippen LogP contribution is -2.27. The molecule has 0 atom stereocenters. The monoisotopic (exact) mass is 340 g/mol. The fraction of sp³-hybridized carbons (Fsp3) is 0.600. The Labute approximate surface area is 125 Å². The third-order valence-corrected chi connectivity index (χ3v) is 6.04. The molecule has 1 aromatic heterocycles. The molecule has 0 saturated carbocycles. The van der Waals surface area contributed by atoms with Gasteiger partial charge >= 0.3 is 5.97 Å². The van der Waals surface area contributed by atoms with Gasteiger partial charge in [0.05, 0.1) is 12.6 Å². The molecule has 0 aromatic carbocycles. The Kier molecular flexibility index (Phi) is 7.45. The number of esters is 1. The van der Waals surface area contributed by atoms with E-state index in [1.165, 1.54) is 24.4 Å². The molecule has 1 heterocycles. The number of thiazole rings is 1. The molecule has 0 aliphatic heterocycles. The highest BCUT2D eigenvalue weighted by Gasteiger charge is 2.25. The number of aromatic nitrogens is 1. The van der Waals surface area contributed by atoms with Crippen molar-refractivity contribution in [2.75, 3.05) is 31.8 Å². The molecule has 0 unspecified atom stereocenters. The van der Waals surface area contributed by atoms with E-state index in [-0.39, 0.29) is 23.1 Å². The van der Waals surface area contributed by atoms with Crippen molar-refractivity contribution in [3.05, 3.63) is 11.2 Å². The second-order valence-electron chi connectivity index (χ2n) is 3.57. The molecule has 2 N–H and O–H groups in total. The van der Waals surface area contributed by atoms with Crippen LogP contribution in [0.4, 0.5) is 0 Å². The smallest absolute Gasteiger partial charge is 0.358 e. The summed E-state index contributed by atoms with van der Waals surface area (Å²) in [6, 6.07) is 0. The van der Waals surface area contributed by atoms with Gasteiger partial charge in [0.15, 0.2) is 9.90 Å². The van der Waals surface area contributed by atoms with Gasteiger partial charge in [0.2, 0.25) is 0 Å². The molecule has 1 aromatic rings. The minimum absolute atomic E-state index is 0.127. The van der Waals surface area contributed by atoms with Crippen molar-refractivity contribution >= 4 is 39.1 Å². The van der Waals surface area contributed by atoms with E-state index in [0.717, 1.165) is 17.1 Å². The first-order valence-corrected chi connectivity index (χ1v) is 9.24. The predicted octanol–water partition coefficient (Wildman–Crippen LogP) is 0.324. The number of nitrogens with one attached hydrogen (secondary N) is 1. The molecule has 0 saturated heterocycles. The van der Waals surface area contributed by atoms with Crippen molar-refractivity contribution in [2.24, 2.45) is 0 Å². The van der Waals surface area contributed by atoms with E-state index in [1.54, 1.807) is 0 Å². The number of thioether (sulfide) groups is 1. The van der Waals surface area contributed by atoms with E-state index in [0.29, 0.717) is 12.2 Å². The van der Waals surface area contributed by atoms with Crippen molar-refractivity contribution in [2.45, 2.75) is 10.6 Å². The Balaban J connectivity index is 2.57. The molecule has 114 valence electrons. The number of aliphatic hydroxyl groups excluding tert-OH is 1. The lowest BCUT2D eigenvalue weighted by atomic mass is 10.5. The zero-order chi connectivity index (χ0) is 15.0. The predicted molar refractivity (Wildman–Crippen MR) is 77.7 cm³/mol. The third-order valence-electron chi connectivity index (χ3n) is 2.14. The quantitative estimate of drug-likeness (QED) is 0.493. The summed E-state index contributed by atoms with van der Waals surface area (Å²) in [4.78, 5) is 15.1. The van der Waals surface area contributed by atoms with Crippen LogP contribution in [0.1, 0.15) is 16.9 Å². The standard InChI is InChI=1S/C10H16N2O5S3/c1-17-9(14)8-10(19-7-11-8)20(15,16)12-3-6-18-5-2-4-13/h7,12-13H,2-6H2,1H3. The Morgan fingerprint density at radius 2 is 2.30 bits per heavy atom. The Bertz CT molecular complexity index is 529. The fourth-order valence-electron chi connectivity index (χ4n) is 1.24. The Morgan fingerprint density at radius 3 is 2.95 bits per heavy atom. The van der Waals surface area contributed by atoms with Crippen LogP contribution >= 0.6 is 23.1 Å². The average Bonchev–Trinajstić information content (AvgIpc) is 2.92. The number of hydrogen-bond donors (Lipinski definition) is 2. The first-order chi connectivity index (χ1) is 9.53. The van der Waals surface area contributed by atoms with E-state index in [2.05, 4.69) is 14.4 Å². The third kappa shape index (κ3) is 5.02. The summed E-state index contributed by atoms with van der Waals surface area (Å²) in [5.41, 5.74) is 1.09. The first-order valence-electron chi connectivity index (χ1n) is 5.73. The summed E-state index contributed by atoms with van der Waals surface area (Å²) in [5.74, 6) is 0.585. The van der Waals surface area contributed by atoms with Gasteiger partial charge in [-0.3, -0.25) is 0 Å². The van der Waals surface area contributed by atoms with Crippen LogP contribution in [0, 0.1) is 0 Å². The highest BCUT2D eigenvalue weighted by molar-refractivity contribution is 7.99. The van der Waals surface area contributed by atoms with E-state index in [9.17, 15) is 13.2 Å². The van der Waals surface area contributed by atoms with Crippen LogP contribution in [0.25, 0.3) is 0 Å². The van der Waals surface area contributed by atoms with E-state index in [1.807, 2.05) is 0 Å². The second kappa shape index (κ2) is 8.57. The van der Waals surface area contributed by atoms with Crippen molar-refractivity contribution in [3.63, 3.8) is 0 Å². The SMILES string of the molecule is COC(=O)c1ncsc1S(=O)(=O)NCCSCCCO. The van der Waals surface area contributed by atoms with Crippen molar-refractivity contribution in [1.82, 2.24) is 9.71 Å². The normalized spacial score (nSPS) is 11.5. The number of nitrogens with zero attached hydrogens (tertiary/aromatic N) is 1. The Morgan fingerprint density at radius 1 is 1.55 bits per heavy atom. The number of ether oxygens (including phenoxy) is 1. The number of hydrogen-bond acceptors (Lipinski definition) is 8. The van der Waals surface area contributed by atoms with E-state index >= 15 is 0 Å². The number of sulfonamides is 1. The first kappa shape index (κ1) is 17.4. The van der Waals surface area contributed by atoms with Crippen LogP contribution in [-0.2, 0) is 14.8 Å². The van der Waals surface area contributed by atoms with Gasteiger partial charge in [-0.15, -0.1) is 11.3 Å². The van der Waals surface area contributed by atoms with Gasteiger partial charge in [0, 0.05) is 18.9 Å². The summed E-state index contributed by atoms with van der Waals surface area (Å²) >= 11 is 2.41. The van der Waals surface area contributed by atoms with Crippen LogP contribution < -0.4 is 4.72 Å². The minimum atomic E-state index is -3.75. The highest BCUT2D eigenvalue weighted by Crippen LogP contribution is 2.20. The molecule has 0 fully saturated rings. The number of aliphatic hydroxyl groups is 1. The molecule has 0 radical (unpaired) electrons. The summed E-state index contributed by atoms with van der Waals surface area (Å²) < 4.78 is 30.8. The number of carbonyl (C=O) groups is 1. The molecule has 10 heteroatoms. The van der Waals surface area contributed by atoms with Crippen molar-refractivity contribution < 1.29 is 23.1 Å². The van der Waals surface area contributed by atoms with Gasteiger partial charge in [-0.05, 0) is 12.2 Å². The maximum atomic E-state index is 12.0. The number of rotatable bonds is 9. The maximum Gasteiger partial charge on any atom is 0.358 e. The average molecular weight is 340 g/mol. The van der Waals surface area contributed by atoms with Crippen LogP contribution in [0.15, 0.2) is 9.72 Å². The van der Waals surface area contributed by atoms with Gasteiger partial charge in [-0.25, -0.2) is 22.9 Å². The van der Waals surface area contributed by atoms with E-state index < -0.39 is 16.0 Å². The highest BCUT2D eigenvalue weighted by atomic mass is 32.2. The molecular formula is C10H16N2O5S3. The van der Waals surface area contributed by atoms with Gasteiger partial charge < -0.3 is 9.84 Å². The van der Waals surface area contributed by atoms with Crippen LogP contribution in [0.3, 0.4) is 0 Å². The zero-order valence-corrected chi connectivity index (χ0v) is 13.3. The lowest BCUT2D eigenvalue weighted by Gasteiger charge is -2.05. The van der Waals surface area contributed by atoms with Gasteiger partial charge in [-0.1, -0.05) is 0 Å². The molecule has 20 heavy (non-hydrogen) atoms. The van der Waals surface area contributed by atoms with Crippen LogP contribution in [0.2, 0.25) is 0 Å². The summed E-state index contributed by atoms with van der Waals surface area (Å²) in [7, 11) is -2.58. The fourth-order valence-corrected chi connectivity index (χ4v) is 4.36.